The standard InChI is InChI=1S/C22H22N4O2S/c1-2-28-21(27)16-7-8-18-19(13-16)29-22(23-18)25-24-17-11-14-5-3-9-26-10-4-6-15(12-17)20(14)26/h7-8,11-13H,2-6,9-10H2,1H3/b25-24+. The van der Waals surface area contributed by atoms with Crippen LogP contribution in [0.3, 0.4) is 0 Å². The van der Waals surface area contributed by atoms with Crippen molar-refractivity contribution in [3.05, 3.63) is 47.0 Å². The second-order valence-electron chi connectivity index (χ2n) is 7.41. The summed E-state index contributed by atoms with van der Waals surface area (Å²) in [6, 6.07) is 9.72. The van der Waals surface area contributed by atoms with Crippen LogP contribution in [0.15, 0.2) is 40.6 Å². The van der Waals surface area contributed by atoms with Gasteiger partial charge in [-0.2, -0.15) is 0 Å². The molecule has 0 saturated carbocycles. The van der Waals surface area contributed by atoms with Crippen LogP contribution in [0.25, 0.3) is 10.2 Å². The third kappa shape index (κ3) is 3.51. The largest absolute Gasteiger partial charge is 0.462 e. The van der Waals surface area contributed by atoms with Gasteiger partial charge >= 0.3 is 5.97 Å². The van der Waals surface area contributed by atoms with E-state index in [-0.39, 0.29) is 5.97 Å². The number of fused-ring (bicyclic) bond motifs is 1. The van der Waals surface area contributed by atoms with Crippen molar-refractivity contribution in [2.45, 2.75) is 32.6 Å². The van der Waals surface area contributed by atoms with Crippen LogP contribution in [0.4, 0.5) is 16.5 Å². The molecule has 5 rings (SSSR count). The highest BCUT2D eigenvalue weighted by atomic mass is 32.1. The summed E-state index contributed by atoms with van der Waals surface area (Å²) >= 11 is 1.43. The van der Waals surface area contributed by atoms with Crippen LogP contribution in [0.2, 0.25) is 0 Å². The zero-order valence-electron chi connectivity index (χ0n) is 16.4. The summed E-state index contributed by atoms with van der Waals surface area (Å²) in [5.41, 5.74) is 6.47. The van der Waals surface area contributed by atoms with Gasteiger partial charge < -0.3 is 9.64 Å². The van der Waals surface area contributed by atoms with E-state index in [0.29, 0.717) is 17.3 Å². The molecule has 6 nitrogen and oxygen atoms in total. The highest BCUT2D eigenvalue weighted by molar-refractivity contribution is 7.21. The molecule has 2 aliphatic heterocycles. The maximum absolute atomic E-state index is 11.9. The predicted molar refractivity (Wildman–Crippen MR) is 115 cm³/mol. The van der Waals surface area contributed by atoms with Crippen LogP contribution >= 0.6 is 11.3 Å². The molecule has 0 spiro atoms. The minimum absolute atomic E-state index is 0.317. The molecule has 0 unspecified atom stereocenters. The van der Waals surface area contributed by atoms with Crippen LogP contribution in [0.1, 0.15) is 41.3 Å². The van der Waals surface area contributed by atoms with Gasteiger partial charge in [0.05, 0.1) is 28.1 Å². The van der Waals surface area contributed by atoms with Crippen LogP contribution in [0, 0.1) is 0 Å². The Morgan fingerprint density at radius 1 is 1.14 bits per heavy atom. The molecule has 0 N–H and O–H groups in total. The van der Waals surface area contributed by atoms with E-state index in [1.54, 1.807) is 13.0 Å². The van der Waals surface area contributed by atoms with Crippen molar-refractivity contribution in [3.8, 4) is 0 Å². The fourth-order valence-electron chi connectivity index (χ4n) is 4.24. The number of hydrogen-bond donors (Lipinski definition) is 0. The van der Waals surface area contributed by atoms with Gasteiger partial charge in [-0.05, 0) is 74.1 Å². The average molecular weight is 407 g/mol. The first kappa shape index (κ1) is 18.2. The third-order valence-electron chi connectivity index (χ3n) is 5.46. The predicted octanol–water partition coefficient (Wildman–Crippen LogP) is 5.59. The molecular weight excluding hydrogens is 384 g/mol. The minimum Gasteiger partial charge on any atom is -0.462 e. The number of aromatic nitrogens is 1. The molecule has 0 amide bonds. The molecular formula is C22H22N4O2S. The Morgan fingerprint density at radius 3 is 2.62 bits per heavy atom. The van der Waals surface area contributed by atoms with E-state index >= 15 is 0 Å². The first-order valence-electron chi connectivity index (χ1n) is 10.1. The fraction of sp³-hybridized carbons (Fsp3) is 0.364. The van der Waals surface area contributed by atoms with Gasteiger partial charge in [0.15, 0.2) is 0 Å². The maximum Gasteiger partial charge on any atom is 0.338 e. The molecule has 3 aromatic rings. The zero-order valence-corrected chi connectivity index (χ0v) is 17.2. The number of aryl methyl sites for hydroxylation is 2. The second-order valence-corrected chi connectivity index (χ2v) is 8.42. The normalized spacial score (nSPS) is 15.7. The van der Waals surface area contributed by atoms with E-state index in [1.807, 2.05) is 12.1 Å². The van der Waals surface area contributed by atoms with Crippen molar-refractivity contribution in [1.82, 2.24) is 4.98 Å². The molecule has 0 atom stereocenters. The van der Waals surface area contributed by atoms with Crippen molar-refractivity contribution in [2.24, 2.45) is 10.2 Å². The molecule has 1 aromatic heterocycles. The summed E-state index contributed by atoms with van der Waals surface area (Å²) in [6.45, 7) is 4.49. The number of ether oxygens (including phenoxy) is 1. The molecule has 2 aromatic carbocycles. The molecule has 29 heavy (non-hydrogen) atoms. The van der Waals surface area contributed by atoms with Gasteiger partial charge in [-0.15, -0.1) is 10.2 Å². The number of esters is 1. The number of carbonyl (C=O) groups excluding carboxylic acids is 1. The topological polar surface area (TPSA) is 67.1 Å². The highest BCUT2D eigenvalue weighted by Crippen LogP contribution is 2.38. The Kier molecular flexibility index (Phi) is 4.75. The SMILES string of the molecule is CCOC(=O)c1ccc2nc(/N=N/c3cc4c5c(c3)CCCN5CCC4)sc2c1. The van der Waals surface area contributed by atoms with Crippen LogP contribution in [0.5, 0.6) is 0 Å². The number of anilines is 1. The van der Waals surface area contributed by atoms with Gasteiger partial charge in [0.1, 0.15) is 0 Å². The van der Waals surface area contributed by atoms with E-state index in [2.05, 4.69) is 32.2 Å². The summed E-state index contributed by atoms with van der Waals surface area (Å²) in [6.07, 6.45) is 4.63. The first-order chi connectivity index (χ1) is 14.2. The molecule has 148 valence electrons. The lowest BCUT2D eigenvalue weighted by atomic mass is 9.91. The van der Waals surface area contributed by atoms with Gasteiger partial charge in [0.2, 0.25) is 5.13 Å². The van der Waals surface area contributed by atoms with Gasteiger partial charge in [-0.1, -0.05) is 11.3 Å². The van der Waals surface area contributed by atoms with Crippen molar-refractivity contribution >= 4 is 44.0 Å². The van der Waals surface area contributed by atoms with Crippen molar-refractivity contribution in [3.63, 3.8) is 0 Å². The summed E-state index contributed by atoms with van der Waals surface area (Å²) in [5.74, 6) is -0.317. The number of hydrogen-bond acceptors (Lipinski definition) is 7. The number of thiazole rings is 1. The molecule has 0 bridgehead atoms. The number of benzene rings is 2. The quantitative estimate of drug-likeness (QED) is 0.418. The number of carbonyl (C=O) groups is 1. The number of nitrogens with zero attached hydrogens (tertiary/aromatic N) is 4. The van der Waals surface area contributed by atoms with E-state index in [9.17, 15) is 4.79 Å². The van der Waals surface area contributed by atoms with E-state index in [0.717, 1.165) is 28.7 Å². The van der Waals surface area contributed by atoms with Gasteiger partial charge in [-0.3, -0.25) is 0 Å². The number of rotatable bonds is 4. The highest BCUT2D eigenvalue weighted by Gasteiger charge is 2.24. The van der Waals surface area contributed by atoms with Crippen molar-refractivity contribution < 1.29 is 9.53 Å². The molecule has 0 aliphatic carbocycles. The lowest BCUT2D eigenvalue weighted by molar-refractivity contribution is 0.0526. The lowest BCUT2D eigenvalue weighted by Crippen LogP contribution is -2.34. The zero-order chi connectivity index (χ0) is 19.8. The maximum atomic E-state index is 11.9. The smallest absolute Gasteiger partial charge is 0.338 e. The minimum atomic E-state index is -0.317. The van der Waals surface area contributed by atoms with Gasteiger partial charge in [0, 0.05) is 18.8 Å². The lowest BCUT2D eigenvalue weighted by Gasteiger charge is -2.36. The van der Waals surface area contributed by atoms with Crippen molar-refractivity contribution in [2.75, 3.05) is 24.6 Å². The summed E-state index contributed by atoms with van der Waals surface area (Å²) in [5, 5.41) is 9.47. The first-order valence-corrected chi connectivity index (χ1v) is 10.9. The Balaban J connectivity index is 1.43. The average Bonchev–Trinajstić information content (AvgIpc) is 3.15. The van der Waals surface area contributed by atoms with Crippen LogP contribution < -0.4 is 4.90 Å². The monoisotopic (exact) mass is 406 g/mol. The molecule has 2 aliphatic rings. The van der Waals surface area contributed by atoms with E-state index in [1.165, 1.54) is 54.1 Å². The van der Waals surface area contributed by atoms with E-state index < -0.39 is 0 Å². The summed E-state index contributed by atoms with van der Waals surface area (Å²) in [7, 11) is 0. The Labute approximate surface area is 173 Å². The fourth-order valence-corrected chi connectivity index (χ4v) is 5.07. The Hall–Kier alpha value is -2.80. The van der Waals surface area contributed by atoms with Crippen LogP contribution in [-0.4, -0.2) is 30.6 Å². The molecule has 0 radical (unpaired) electrons. The van der Waals surface area contributed by atoms with Crippen LogP contribution in [-0.2, 0) is 17.6 Å². The third-order valence-corrected chi connectivity index (χ3v) is 6.36. The second kappa shape index (κ2) is 7.55. The molecule has 3 heterocycles. The Bertz CT molecular complexity index is 1090. The summed E-state index contributed by atoms with van der Waals surface area (Å²) < 4.78 is 5.97. The van der Waals surface area contributed by atoms with Gasteiger partial charge in [0.25, 0.3) is 0 Å². The molecule has 7 heteroatoms. The summed E-state index contributed by atoms with van der Waals surface area (Å²) in [4.78, 5) is 19.0. The van der Waals surface area contributed by atoms with Gasteiger partial charge in [-0.25, -0.2) is 9.78 Å². The van der Waals surface area contributed by atoms with E-state index in [4.69, 9.17) is 4.74 Å². The molecule has 0 saturated heterocycles. The number of azo groups is 1. The molecule has 0 fully saturated rings. The Morgan fingerprint density at radius 2 is 1.90 bits per heavy atom. The van der Waals surface area contributed by atoms with Crippen molar-refractivity contribution in [1.29, 1.82) is 0 Å².